The van der Waals surface area contributed by atoms with Crippen molar-refractivity contribution >= 4 is 11.6 Å². The summed E-state index contributed by atoms with van der Waals surface area (Å²) < 4.78 is 39.6. The van der Waals surface area contributed by atoms with Crippen LogP contribution in [-0.2, 0) is 0 Å². The van der Waals surface area contributed by atoms with Crippen molar-refractivity contribution in [1.29, 1.82) is 0 Å². The molecule has 16 heavy (non-hydrogen) atoms. The maximum Gasteiger partial charge on any atom is 0.342 e. The maximum atomic E-state index is 13.6. The lowest BCUT2D eigenvalue weighted by Gasteiger charge is -2.23. The van der Waals surface area contributed by atoms with Crippen LogP contribution in [0.25, 0.3) is 0 Å². The zero-order valence-electron chi connectivity index (χ0n) is 8.82. The van der Waals surface area contributed by atoms with Gasteiger partial charge in [-0.05, 0) is 42.6 Å². The van der Waals surface area contributed by atoms with Gasteiger partial charge in [-0.25, -0.2) is 9.82 Å². The second-order valence-corrected chi connectivity index (χ2v) is 4.12. The molecule has 1 rings (SSSR count). The Hall–Kier alpha value is -0.780. The quantitative estimate of drug-likeness (QED) is 0.493. The normalized spacial score (nSPS) is 13.9. The van der Waals surface area contributed by atoms with E-state index in [0.717, 1.165) is 6.07 Å². The van der Waals surface area contributed by atoms with Gasteiger partial charge in [0, 0.05) is 5.56 Å². The highest BCUT2D eigenvalue weighted by atomic mass is 35.5. The van der Waals surface area contributed by atoms with Gasteiger partial charge >= 0.3 is 5.38 Å². The third-order valence-electron chi connectivity index (χ3n) is 2.26. The third-order valence-corrected chi connectivity index (χ3v) is 2.48. The summed E-state index contributed by atoms with van der Waals surface area (Å²) >= 11 is 4.88. The van der Waals surface area contributed by atoms with E-state index in [4.69, 9.17) is 17.4 Å². The first-order chi connectivity index (χ1) is 7.27. The van der Waals surface area contributed by atoms with Gasteiger partial charge in [0.05, 0.1) is 0 Å². The summed E-state index contributed by atoms with van der Waals surface area (Å²) in [6.45, 7) is 3.20. The molecule has 0 bridgehead atoms. The predicted molar refractivity (Wildman–Crippen MR) is 56.7 cm³/mol. The van der Waals surface area contributed by atoms with Gasteiger partial charge in [0.25, 0.3) is 0 Å². The first kappa shape index (κ1) is 13.3. The van der Waals surface area contributed by atoms with Crippen LogP contribution in [0.4, 0.5) is 13.2 Å². The van der Waals surface area contributed by atoms with Gasteiger partial charge < -0.3 is 0 Å². The molecule has 0 radical (unpaired) electrons. The second-order valence-electron chi connectivity index (χ2n) is 3.62. The van der Waals surface area contributed by atoms with Gasteiger partial charge in [-0.1, -0.05) is 6.07 Å². The van der Waals surface area contributed by atoms with E-state index in [-0.39, 0.29) is 5.56 Å². The Morgan fingerprint density at radius 1 is 1.38 bits per heavy atom. The highest BCUT2D eigenvalue weighted by molar-refractivity contribution is 6.22. The SMILES string of the molecule is Cc1cc(C)c(C(NN)C(F)(F)Cl)c(F)c1. The highest BCUT2D eigenvalue weighted by Crippen LogP contribution is 2.37. The predicted octanol–water partition coefficient (Wildman–Crippen LogP) is 2.78. The van der Waals surface area contributed by atoms with Crippen LogP contribution < -0.4 is 11.3 Å². The number of aryl methyl sites for hydroxylation is 2. The van der Waals surface area contributed by atoms with Crippen LogP contribution in [0.2, 0.25) is 0 Å². The molecule has 0 aliphatic carbocycles. The molecule has 0 spiro atoms. The Kier molecular flexibility index (Phi) is 3.83. The number of nitrogens with one attached hydrogen (secondary N) is 1. The lowest BCUT2D eigenvalue weighted by Crippen LogP contribution is -2.38. The Labute approximate surface area is 96.6 Å². The van der Waals surface area contributed by atoms with E-state index < -0.39 is 17.2 Å². The number of benzene rings is 1. The van der Waals surface area contributed by atoms with Crippen LogP contribution in [0.15, 0.2) is 12.1 Å². The Morgan fingerprint density at radius 2 is 1.94 bits per heavy atom. The van der Waals surface area contributed by atoms with Crippen LogP contribution in [-0.4, -0.2) is 5.38 Å². The molecule has 0 aliphatic rings. The van der Waals surface area contributed by atoms with E-state index in [2.05, 4.69) is 0 Å². The first-order valence-corrected chi connectivity index (χ1v) is 4.94. The van der Waals surface area contributed by atoms with Gasteiger partial charge in [0.2, 0.25) is 0 Å². The minimum atomic E-state index is -3.66. The van der Waals surface area contributed by atoms with Crippen LogP contribution in [0.3, 0.4) is 0 Å². The third kappa shape index (κ3) is 2.66. The molecule has 0 aliphatic heterocycles. The van der Waals surface area contributed by atoms with Crippen LogP contribution in [0, 0.1) is 19.7 Å². The molecule has 3 N–H and O–H groups in total. The Morgan fingerprint density at radius 3 is 2.31 bits per heavy atom. The number of hydrazine groups is 1. The Bertz CT molecular complexity index is 367. The average Bonchev–Trinajstić information content (AvgIpc) is 2.08. The van der Waals surface area contributed by atoms with Crippen molar-refractivity contribution in [2.24, 2.45) is 5.84 Å². The van der Waals surface area contributed by atoms with Gasteiger partial charge in [0.15, 0.2) is 0 Å². The minimum Gasteiger partial charge on any atom is -0.271 e. The molecule has 1 aromatic rings. The summed E-state index contributed by atoms with van der Waals surface area (Å²) in [6, 6.07) is 0.996. The molecule has 1 unspecified atom stereocenters. The smallest absolute Gasteiger partial charge is 0.271 e. The standard InChI is InChI=1S/C10H12ClF3N2/c1-5-3-6(2)8(7(12)4-5)9(16-15)10(11,13)14/h3-4,9,16H,15H2,1-2H3. The number of halogens is 4. The van der Waals surface area contributed by atoms with Crippen molar-refractivity contribution in [1.82, 2.24) is 5.43 Å². The molecule has 0 fully saturated rings. The fraction of sp³-hybridized carbons (Fsp3) is 0.400. The van der Waals surface area contributed by atoms with Gasteiger partial charge in [0.1, 0.15) is 11.9 Å². The summed E-state index contributed by atoms with van der Waals surface area (Å²) in [5, 5.41) is -3.66. The minimum absolute atomic E-state index is 0.215. The van der Waals surface area contributed by atoms with E-state index in [0.29, 0.717) is 11.1 Å². The zero-order valence-corrected chi connectivity index (χ0v) is 9.58. The fourth-order valence-corrected chi connectivity index (χ4v) is 1.81. The van der Waals surface area contributed by atoms with E-state index in [9.17, 15) is 13.2 Å². The maximum absolute atomic E-state index is 13.6. The molecule has 6 heteroatoms. The summed E-state index contributed by atoms with van der Waals surface area (Å²) in [6.07, 6.45) is 0. The van der Waals surface area contributed by atoms with Gasteiger partial charge in [-0.15, -0.1) is 0 Å². The molecular weight excluding hydrogens is 241 g/mol. The molecule has 0 heterocycles. The molecule has 0 aromatic heterocycles. The van der Waals surface area contributed by atoms with Crippen LogP contribution >= 0.6 is 11.6 Å². The number of rotatable bonds is 3. The summed E-state index contributed by atoms with van der Waals surface area (Å²) in [5.74, 6) is 4.24. The molecule has 90 valence electrons. The van der Waals surface area contributed by atoms with E-state index in [1.807, 2.05) is 5.43 Å². The van der Waals surface area contributed by atoms with Crippen LogP contribution in [0.5, 0.6) is 0 Å². The van der Waals surface area contributed by atoms with Crippen molar-refractivity contribution < 1.29 is 13.2 Å². The average molecular weight is 253 g/mol. The number of nitrogens with two attached hydrogens (primary N) is 1. The molecule has 0 saturated heterocycles. The topological polar surface area (TPSA) is 38.0 Å². The van der Waals surface area contributed by atoms with Crippen molar-refractivity contribution in [2.45, 2.75) is 25.3 Å². The fourth-order valence-electron chi connectivity index (χ4n) is 1.63. The lowest BCUT2D eigenvalue weighted by molar-refractivity contribution is 0.0480. The summed E-state index contributed by atoms with van der Waals surface area (Å²) in [4.78, 5) is 0. The number of hydrogen-bond acceptors (Lipinski definition) is 2. The van der Waals surface area contributed by atoms with Crippen molar-refractivity contribution in [3.8, 4) is 0 Å². The van der Waals surface area contributed by atoms with E-state index in [1.54, 1.807) is 13.0 Å². The van der Waals surface area contributed by atoms with Crippen molar-refractivity contribution in [3.05, 3.63) is 34.6 Å². The molecule has 2 nitrogen and oxygen atoms in total. The summed E-state index contributed by atoms with van der Waals surface area (Å²) in [5.41, 5.74) is 2.64. The van der Waals surface area contributed by atoms with Crippen molar-refractivity contribution in [3.63, 3.8) is 0 Å². The molecule has 1 aromatic carbocycles. The van der Waals surface area contributed by atoms with Crippen LogP contribution in [0.1, 0.15) is 22.7 Å². The Balaban J connectivity index is 3.31. The molecule has 1 atom stereocenters. The molecule has 0 amide bonds. The first-order valence-electron chi connectivity index (χ1n) is 4.57. The lowest BCUT2D eigenvalue weighted by atomic mass is 9.99. The highest BCUT2D eigenvalue weighted by Gasteiger charge is 2.40. The second kappa shape index (κ2) is 4.61. The summed E-state index contributed by atoms with van der Waals surface area (Å²) in [7, 11) is 0. The zero-order chi connectivity index (χ0) is 12.5. The molecular formula is C10H12ClF3N2. The van der Waals surface area contributed by atoms with Gasteiger partial charge in [-0.3, -0.25) is 5.84 Å². The van der Waals surface area contributed by atoms with E-state index >= 15 is 0 Å². The monoisotopic (exact) mass is 252 g/mol. The molecule has 0 saturated carbocycles. The number of hydrogen-bond donors (Lipinski definition) is 2. The van der Waals surface area contributed by atoms with Crippen molar-refractivity contribution in [2.75, 3.05) is 0 Å². The van der Waals surface area contributed by atoms with E-state index in [1.165, 1.54) is 6.92 Å². The van der Waals surface area contributed by atoms with Gasteiger partial charge in [-0.2, -0.15) is 8.78 Å². The number of alkyl halides is 3. The largest absolute Gasteiger partial charge is 0.342 e.